The second-order valence-electron chi connectivity index (χ2n) is 6.64. The van der Waals surface area contributed by atoms with Gasteiger partial charge in [0.1, 0.15) is 5.82 Å². The highest BCUT2D eigenvalue weighted by molar-refractivity contribution is 5.98. The van der Waals surface area contributed by atoms with E-state index in [1.165, 1.54) is 6.07 Å². The van der Waals surface area contributed by atoms with Crippen LogP contribution in [-0.4, -0.2) is 40.0 Å². The van der Waals surface area contributed by atoms with Gasteiger partial charge in [0.25, 0.3) is 5.91 Å². The van der Waals surface area contributed by atoms with E-state index in [4.69, 9.17) is 0 Å². The van der Waals surface area contributed by atoms with Crippen LogP contribution >= 0.6 is 0 Å². The minimum absolute atomic E-state index is 0.0835. The van der Waals surface area contributed by atoms with Crippen LogP contribution in [0.3, 0.4) is 0 Å². The number of hydrogen-bond acceptors (Lipinski definition) is 3. The van der Waals surface area contributed by atoms with Gasteiger partial charge in [-0.3, -0.25) is 14.7 Å². The third-order valence-corrected chi connectivity index (χ3v) is 4.99. The molecule has 1 atom stereocenters. The molecular formula is C18H19FN4O2. The lowest BCUT2D eigenvalue weighted by Gasteiger charge is -2.32. The molecule has 0 radical (unpaired) electrons. The van der Waals surface area contributed by atoms with Crippen LogP contribution in [-0.2, 0) is 11.2 Å². The summed E-state index contributed by atoms with van der Waals surface area (Å²) >= 11 is 0. The van der Waals surface area contributed by atoms with Crippen molar-refractivity contribution >= 4 is 17.5 Å². The number of piperidine rings is 1. The molecule has 1 aromatic carbocycles. The van der Waals surface area contributed by atoms with E-state index in [-0.39, 0.29) is 23.3 Å². The maximum Gasteiger partial charge on any atom is 0.256 e. The number of fused-ring (bicyclic) bond motifs is 1. The van der Waals surface area contributed by atoms with Gasteiger partial charge in [0, 0.05) is 43.0 Å². The average molecular weight is 342 g/mol. The first-order valence-corrected chi connectivity index (χ1v) is 8.52. The number of amides is 2. The molecule has 2 N–H and O–H groups in total. The smallest absolute Gasteiger partial charge is 0.256 e. The number of aromatic amines is 1. The summed E-state index contributed by atoms with van der Waals surface area (Å²) in [5, 5.41) is 9.59. The molecule has 1 unspecified atom stereocenters. The number of anilines is 1. The zero-order chi connectivity index (χ0) is 17.4. The topological polar surface area (TPSA) is 78.1 Å². The molecule has 0 bridgehead atoms. The number of carbonyl (C=O) groups is 2. The van der Waals surface area contributed by atoms with E-state index in [1.807, 2.05) is 6.07 Å². The molecule has 0 saturated carbocycles. The van der Waals surface area contributed by atoms with Crippen LogP contribution in [0.25, 0.3) is 0 Å². The zero-order valence-electron chi connectivity index (χ0n) is 13.7. The predicted molar refractivity (Wildman–Crippen MR) is 89.8 cm³/mol. The van der Waals surface area contributed by atoms with E-state index in [9.17, 15) is 14.0 Å². The van der Waals surface area contributed by atoms with Crippen molar-refractivity contribution in [2.24, 2.45) is 0 Å². The fraction of sp³-hybridized carbons (Fsp3) is 0.389. The van der Waals surface area contributed by atoms with Crippen LogP contribution in [0.2, 0.25) is 0 Å². The molecule has 3 heterocycles. The second-order valence-corrected chi connectivity index (χ2v) is 6.64. The van der Waals surface area contributed by atoms with Crippen molar-refractivity contribution in [3.8, 4) is 0 Å². The van der Waals surface area contributed by atoms with Crippen LogP contribution < -0.4 is 5.32 Å². The number of benzene rings is 1. The summed E-state index contributed by atoms with van der Waals surface area (Å²) < 4.78 is 14.5. The molecule has 2 aromatic rings. The number of hydrogen-bond donors (Lipinski definition) is 2. The van der Waals surface area contributed by atoms with Crippen molar-refractivity contribution in [3.63, 3.8) is 0 Å². The van der Waals surface area contributed by atoms with Gasteiger partial charge >= 0.3 is 0 Å². The van der Waals surface area contributed by atoms with Crippen molar-refractivity contribution < 1.29 is 14.0 Å². The van der Waals surface area contributed by atoms with E-state index < -0.39 is 5.82 Å². The van der Waals surface area contributed by atoms with Gasteiger partial charge in [-0.2, -0.15) is 5.10 Å². The summed E-state index contributed by atoms with van der Waals surface area (Å²) in [5.74, 6) is -0.805. The highest BCUT2D eigenvalue weighted by Gasteiger charge is 2.29. The van der Waals surface area contributed by atoms with Gasteiger partial charge < -0.3 is 10.2 Å². The molecule has 4 rings (SSSR count). The van der Waals surface area contributed by atoms with Crippen molar-refractivity contribution in [1.29, 1.82) is 0 Å². The Balaban J connectivity index is 1.57. The fourth-order valence-electron chi connectivity index (χ4n) is 3.65. The number of carbonyl (C=O) groups excluding carboxylic acids is 2. The molecule has 0 spiro atoms. The molecule has 6 nitrogen and oxygen atoms in total. The van der Waals surface area contributed by atoms with Gasteiger partial charge in [-0.15, -0.1) is 0 Å². The SMILES string of the molecule is O=C1CCc2cc(C(=O)N3CCCC(c4ccn[nH]4)C3)c(F)cc2N1. The summed E-state index contributed by atoms with van der Waals surface area (Å²) in [5.41, 5.74) is 2.37. The number of aromatic nitrogens is 2. The van der Waals surface area contributed by atoms with Crippen molar-refractivity contribution in [1.82, 2.24) is 15.1 Å². The Morgan fingerprint density at radius 1 is 1.32 bits per heavy atom. The van der Waals surface area contributed by atoms with Crippen LogP contribution in [0.4, 0.5) is 10.1 Å². The van der Waals surface area contributed by atoms with Gasteiger partial charge in [0.05, 0.1) is 5.56 Å². The summed E-state index contributed by atoms with van der Waals surface area (Å²) in [6, 6.07) is 4.77. The normalized spacial score (nSPS) is 20.1. The van der Waals surface area contributed by atoms with E-state index in [1.54, 1.807) is 17.2 Å². The largest absolute Gasteiger partial charge is 0.338 e. The monoisotopic (exact) mass is 342 g/mol. The first-order valence-electron chi connectivity index (χ1n) is 8.52. The first kappa shape index (κ1) is 15.8. The van der Waals surface area contributed by atoms with E-state index in [2.05, 4.69) is 15.5 Å². The van der Waals surface area contributed by atoms with Gasteiger partial charge in [0.2, 0.25) is 5.91 Å². The van der Waals surface area contributed by atoms with Crippen LogP contribution in [0.5, 0.6) is 0 Å². The standard InChI is InChI=1S/C18H19FN4O2/c19-14-9-16-11(3-4-17(24)21-16)8-13(14)18(25)23-7-1-2-12(10-23)15-5-6-20-22-15/h5-6,8-9,12H,1-4,7,10H2,(H,20,22)(H,21,24). The van der Waals surface area contributed by atoms with Gasteiger partial charge in [-0.1, -0.05) is 0 Å². The minimum Gasteiger partial charge on any atom is -0.338 e. The Morgan fingerprint density at radius 3 is 3.00 bits per heavy atom. The van der Waals surface area contributed by atoms with Crippen LogP contribution in [0.15, 0.2) is 24.4 Å². The summed E-state index contributed by atoms with van der Waals surface area (Å²) in [6.07, 6.45) is 4.44. The lowest BCUT2D eigenvalue weighted by Crippen LogP contribution is -2.39. The van der Waals surface area contributed by atoms with Crippen molar-refractivity contribution in [2.75, 3.05) is 18.4 Å². The molecule has 1 aromatic heterocycles. The number of rotatable bonds is 2. The maximum atomic E-state index is 14.5. The second kappa shape index (κ2) is 6.31. The maximum absolute atomic E-state index is 14.5. The fourth-order valence-corrected chi connectivity index (χ4v) is 3.65. The number of aryl methyl sites for hydroxylation is 1. The molecular weight excluding hydrogens is 323 g/mol. The number of likely N-dealkylation sites (tertiary alicyclic amines) is 1. The molecule has 7 heteroatoms. The molecule has 2 aliphatic heterocycles. The van der Waals surface area contributed by atoms with Crippen molar-refractivity contribution in [2.45, 2.75) is 31.6 Å². The highest BCUT2D eigenvalue weighted by atomic mass is 19.1. The number of nitrogens with zero attached hydrogens (tertiary/aromatic N) is 2. The quantitative estimate of drug-likeness (QED) is 0.880. The lowest BCUT2D eigenvalue weighted by atomic mass is 9.94. The van der Waals surface area contributed by atoms with E-state index in [0.29, 0.717) is 31.6 Å². The van der Waals surface area contributed by atoms with Crippen molar-refractivity contribution in [3.05, 3.63) is 47.0 Å². The molecule has 1 fully saturated rings. The molecule has 0 aliphatic carbocycles. The summed E-state index contributed by atoms with van der Waals surface area (Å²) in [6.45, 7) is 1.17. The van der Waals surface area contributed by atoms with Crippen LogP contribution in [0.1, 0.15) is 46.8 Å². The van der Waals surface area contributed by atoms with E-state index in [0.717, 1.165) is 24.1 Å². The zero-order valence-corrected chi connectivity index (χ0v) is 13.7. The summed E-state index contributed by atoms with van der Waals surface area (Å²) in [7, 11) is 0. The Kier molecular flexibility index (Phi) is 3.99. The first-order chi connectivity index (χ1) is 12.1. The number of halogens is 1. The Hall–Kier alpha value is -2.70. The minimum atomic E-state index is -0.588. The molecule has 2 aliphatic rings. The Morgan fingerprint density at radius 2 is 2.20 bits per heavy atom. The number of nitrogens with one attached hydrogen (secondary N) is 2. The average Bonchev–Trinajstić information content (AvgIpc) is 3.15. The van der Waals surface area contributed by atoms with Gasteiger partial charge in [-0.05, 0) is 43.0 Å². The van der Waals surface area contributed by atoms with E-state index >= 15 is 0 Å². The Labute approximate surface area is 144 Å². The molecule has 2 amide bonds. The van der Waals surface area contributed by atoms with Gasteiger partial charge in [0.15, 0.2) is 0 Å². The molecule has 1 saturated heterocycles. The Bertz CT molecular complexity index is 819. The molecule has 25 heavy (non-hydrogen) atoms. The van der Waals surface area contributed by atoms with Gasteiger partial charge in [-0.25, -0.2) is 4.39 Å². The lowest BCUT2D eigenvalue weighted by molar-refractivity contribution is -0.116. The third-order valence-electron chi connectivity index (χ3n) is 4.99. The third kappa shape index (κ3) is 3.01. The highest BCUT2D eigenvalue weighted by Crippen LogP contribution is 2.29. The summed E-state index contributed by atoms with van der Waals surface area (Å²) in [4.78, 5) is 26.0. The van der Waals surface area contributed by atoms with Crippen LogP contribution in [0, 0.1) is 5.82 Å². The predicted octanol–water partition coefficient (Wildman–Crippen LogP) is 2.45. The molecule has 130 valence electrons. The number of H-pyrrole nitrogens is 1.